The molecule has 3 aromatic rings. The summed E-state index contributed by atoms with van der Waals surface area (Å²) in [4.78, 5) is 12.4. The van der Waals surface area contributed by atoms with E-state index < -0.39 is 29.1 Å². The van der Waals surface area contributed by atoms with E-state index in [9.17, 15) is 36.2 Å². The number of hydrogen-bond donors (Lipinski definition) is 3. The van der Waals surface area contributed by atoms with Gasteiger partial charge in [0, 0.05) is 29.6 Å². The third-order valence-corrected chi connectivity index (χ3v) is 5.19. The first-order valence-corrected chi connectivity index (χ1v) is 9.35. The summed E-state index contributed by atoms with van der Waals surface area (Å²) >= 11 is 0. The van der Waals surface area contributed by atoms with Gasteiger partial charge in [0.2, 0.25) is 0 Å². The van der Waals surface area contributed by atoms with Crippen LogP contribution in [0.3, 0.4) is 0 Å². The fourth-order valence-electron chi connectivity index (χ4n) is 3.40. The molecule has 0 aliphatic heterocycles. The van der Waals surface area contributed by atoms with E-state index in [0.717, 1.165) is 18.3 Å². The van der Waals surface area contributed by atoms with Crippen molar-refractivity contribution in [1.82, 2.24) is 4.57 Å². The summed E-state index contributed by atoms with van der Waals surface area (Å²) in [7, 11) is 0. The molecule has 0 saturated carbocycles. The maximum absolute atomic E-state index is 13.1. The number of nitrogens with zero attached hydrogens (tertiary/aromatic N) is 1. The number of fused-ring (bicyclic) bond motifs is 1. The fraction of sp³-hybridized carbons (Fsp3) is 0.182. The molecular formula is C22H17F6N3O2. The third-order valence-electron chi connectivity index (χ3n) is 5.19. The van der Waals surface area contributed by atoms with Crippen molar-refractivity contribution in [3.05, 3.63) is 87.8 Å². The Hall–Kier alpha value is -3.60. The molecule has 5 nitrogen and oxygen atoms in total. The van der Waals surface area contributed by atoms with Crippen LogP contribution in [0, 0.1) is 5.41 Å². The molecule has 0 saturated heterocycles. The Labute approximate surface area is 182 Å². The van der Waals surface area contributed by atoms with Gasteiger partial charge in [0.05, 0.1) is 12.1 Å². The number of alkyl halides is 6. The van der Waals surface area contributed by atoms with Crippen LogP contribution < -0.4 is 11.3 Å². The minimum Gasteiger partial charge on any atom is -0.404 e. The van der Waals surface area contributed by atoms with Crippen LogP contribution in [0.1, 0.15) is 16.7 Å². The molecule has 2 aromatic carbocycles. The van der Waals surface area contributed by atoms with Crippen molar-refractivity contribution in [3.8, 4) is 0 Å². The van der Waals surface area contributed by atoms with Crippen molar-refractivity contribution >= 4 is 22.7 Å². The van der Waals surface area contributed by atoms with Gasteiger partial charge < -0.3 is 20.8 Å². The highest BCUT2D eigenvalue weighted by Gasteiger charge is 2.71. The molecule has 0 aliphatic carbocycles. The summed E-state index contributed by atoms with van der Waals surface area (Å²) in [5.41, 5.74) is 0.398. The van der Waals surface area contributed by atoms with E-state index in [1.54, 1.807) is 24.3 Å². The fourth-order valence-corrected chi connectivity index (χ4v) is 3.40. The van der Waals surface area contributed by atoms with Gasteiger partial charge in [-0.25, -0.2) is 0 Å². The number of hydrogen-bond acceptors (Lipinski definition) is 4. The van der Waals surface area contributed by atoms with E-state index in [1.807, 2.05) is 0 Å². The molecule has 0 bridgehead atoms. The Morgan fingerprint density at radius 2 is 1.58 bits per heavy atom. The second kappa shape index (κ2) is 8.39. The molecule has 33 heavy (non-hydrogen) atoms. The van der Waals surface area contributed by atoms with Crippen LogP contribution in [0.2, 0.25) is 0 Å². The number of aromatic nitrogens is 1. The number of nitrogens with two attached hydrogens (primary N) is 1. The van der Waals surface area contributed by atoms with Gasteiger partial charge in [0.25, 0.3) is 11.2 Å². The monoisotopic (exact) mass is 469 g/mol. The van der Waals surface area contributed by atoms with Crippen LogP contribution in [-0.4, -0.2) is 28.2 Å². The number of halogens is 6. The maximum Gasteiger partial charge on any atom is 0.430 e. The molecule has 3 rings (SSSR count). The predicted molar refractivity (Wildman–Crippen MR) is 111 cm³/mol. The van der Waals surface area contributed by atoms with Gasteiger partial charge in [-0.15, -0.1) is 0 Å². The Morgan fingerprint density at radius 1 is 0.970 bits per heavy atom. The molecule has 174 valence electrons. The highest BCUT2D eigenvalue weighted by atomic mass is 19.4. The van der Waals surface area contributed by atoms with Gasteiger partial charge in [-0.3, -0.25) is 4.79 Å². The van der Waals surface area contributed by atoms with E-state index in [1.165, 1.54) is 16.8 Å². The average Bonchev–Trinajstić information content (AvgIpc) is 2.75. The van der Waals surface area contributed by atoms with E-state index in [4.69, 9.17) is 11.1 Å². The zero-order chi connectivity index (χ0) is 24.6. The van der Waals surface area contributed by atoms with Gasteiger partial charge in [-0.2, -0.15) is 26.3 Å². The predicted octanol–water partition coefficient (Wildman–Crippen LogP) is 4.31. The Bertz CT molecular complexity index is 1260. The maximum atomic E-state index is 13.1. The molecule has 0 fully saturated rings. The molecule has 0 spiro atoms. The normalized spacial score (nSPS) is 13.4. The van der Waals surface area contributed by atoms with Crippen molar-refractivity contribution < 1.29 is 31.4 Å². The zero-order valence-electron chi connectivity index (χ0n) is 16.7. The molecule has 0 aliphatic rings. The SMILES string of the molecule is N=C/C(=C\N)c1ccc2c(ccc(=O)n2Cc2ccc(C(O)(C(F)(F)F)C(F)(F)F)cc2)c1. The van der Waals surface area contributed by atoms with Gasteiger partial charge in [0.1, 0.15) is 0 Å². The van der Waals surface area contributed by atoms with Crippen LogP contribution in [0.5, 0.6) is 0 Å². The summed E-state index contributed by atoms with van der Waals surface area (Å²) in [5, 5.41) is 17.5. The highest BCUT2D eigenvalue weighted by Crippen LogP contribution is 2.49. The highest BCUT2D eigenvalue weighted by molar-refractivity contribution is 6.09. The Balaban J connectivity index is 2.02. The minimum absolute atomic E-state index is 0.142. The van der Waals surface area contributed by atoms with Crippen LogP contribution >= 0.6 is 0 Å². The molecule has 0 atom stereocenters. The van der Waals surface area contributed by atoms with Crippen molar-refractivity contribution in [2.24, 2.45) is 5.73 Å². The molecule has 1 aromatic heterocycles. The number of rotatable bonds is 5. The molecule has 0 radical (unpaired) electrons. The summed E-state index contributed by atoms with van der Waals surface area (Å²) in [6, 6.07) is 10.8. The summed E-state index contributed by atoms with van der Waals surface area (Å²) in [6.07, 6.45) is -9.66. The van der Waals surface area contributed by atoms with Gasteiger partial charge in [-0.1, -0.05) is 30.3 Å². The molecule has 1 heterocycles. The Morgan fingerprint density at radius 3 is 2.09 bits per heavy atom. The first-order valence-electron chi connectivity index (χ1n) is 9.35. The first-order chi connectivity index (χ1) is 15.3. The summed E-state index contributed by atoms with van der Waals surface area (Å²) in [5.74, 6) is 0. The van der Waals surface area contributed by atoms with E-state index in [-0.39, 0.29) is 12.1 Å². The largest absolute Gasteiger partial charge is 0.430 e. The van der Waals surface area contributed by atoms with E-state index >= 15 is 0 Å². The van der Waals surface area contributed by atoms with Gasteiger partial charge in [0.15, 0.2) is 0 Å². The van der Waals surface area contributed by atoms with Crippen molar-refractivity contribution in [2.75, 3.05) is 0 Å². The number of benzene rings is 2. The lowest BCUT2D eigenvalue weighted by molar-refractivity contribution is -0.376. The minimum atomic E-state index is -5.98. The van der Waals surface area contributed by atoms with Crippen LogP contribution in [0.4, 0.5) is 26.3 Å². The van der Waals surface area contributed by atoms with E-state index in [0.29, 0.717) is 34.2 Å². The van der Waals surface area contributed by atoms with Crippen LogP contribution in [0.25, 0.3) is 16.5 Å². The topological polar surface area (TPSA) is 92.1 Å². The standard InChI is InChI=1S/C22H17F6N3O2/c23-21(24,25)20(33,22(26,27)28)17-5-1-13(2-6-17)12-31-18-7-3-14(16(10-29)11-30)9-15(18)4-8-19(31)32/h1-11,29,33H,12,30H2/b16-11+,29-10?. The first kappa shape index (κ1) is 24.1. The number of pyridine rings is 1. The Kier molecular flexibility index (Phi) is 6.12. The second-order valence-corrected chi connectivity index (χ2v) is 7.20. The molecule has 0 amide bonds. The number of allylic oxidation sites excluding steroid dienone is 1. The van der Waals surface area contributed by atoms with Crippen LogP contribution in [-0.2, 0) is 12.1 Å². The summed E-state index contributed by atoms with van der Waals surface area (Å²) < 4.78 is 79.7. The lowest BCUT2D eigenvalue weighted by atomic mass is 9.91. The van der Waals surface area contributed by atoms with Crippen molar-refractivity contribution in [1.29, 1.82) is 5.41 Å². The number of aliphatic hydroxyl groups is 1. The van der Waals surface area contributed by atoms with Crippen molar-refractivity contribution in [2.45, 2.75) is 24.5 Å². The van der Waals surface area contributed by atoms with Gasteiger partial charge in [-0.05, 0) is 34.7 Å². The lowest BCUT2D eigenvalue weighted by Crippen LogP contribution is -2.53. The summed E-state index contributed by atoms with van der Waals surface area (Å²) in [6.45, 7) is -0.142. The quantitative estimate of drug-likeness (QED) is 0.384. The van der Waals surface area contributed by atoms with Gasteiger partial charge >= 0.3 is 12.4 Å². The zero-order valence-corrected chi connectivity index (χ0v) is 16.7. The van der Waals surface area contributed by atoms with Crippen molar-refractivity contribution in [3.63, 3.8) is 0 Å². The molecular weight excluding hydrogens is 452 g/mol. The average molecular weight is 469 g/mol. The smallest absolute Gasteiger partial charge is 0.404 e. The van der Waals surface area contributed by atoms with Crippen LogP contribution in [0.15, 0.2) is 65.6 Å². The lowest BCUT2D eigenvalue weighted by Gasteiger charge is -2.32. The third kappa shape index (κ3) is 4.23. The molecule has 0 unspecified atom stereocenters. The number of nitrogens with one attached hydrogen (secondary N) is 1. The molecule has 11 heteroatoms. The second-order valence-electron chi connectivity index (χ2n) is 7.20. The van der Waals surface area contributed by atoms with E-state index in [2.05, 4.69) is 0 Å². The molecule has 4 N–H and O–H groups in total.